The zero-order valence-corrected chi connectivity index (χ0v) is 10.3. The van der Waals surface area contributed by atoms with Crippen LogP contribution in [0, 0.1) is 6.92 Å². The molecule has 1 aliphatic heterocycles. The van der Waals surface area contributed by atoms with Gasteiger partial charge in [-0.15, -0.1) is 0 Å². The number of nitrogens with two attached hydrogens (primary N) is 1. The third kappa shape index (κ3) is 2.32. The predicted molar refractivity (Wildman–Crippen MR) is 66.8 cm³/mol. The molecule has 6 nitrogen and oxygen atoms in total. The van der Waals surface area contributed by atoms with Gasteiger partial charge >= 0.3 is 0 Å². The van der Waals surface area contributed by atoms with Crippen molar-refractivity contribution in [1.82, 2.24) is 9.97 Å². The molecule has 2 rings (SSSR count). The zero-order valence-electron chi connectivity index (χ0n) is 10.3. The molecule has 17 heavy (non-hydrogen) atoms. The minimum atomic E-state index is 0.378. The molecule has 1 aromatic heterocycles. The van der Waals surface area contributed by atoms with Crippen LogP contribution in [0.3, 0.4) is 0 Å². The van der Waals surface area contributed by atoms with Crippen molar-refractivity contribution < 1.29 is 4.74 Å². The maximum Gasteiger partial charge on any atom is 0.148 e. The van der Waals surface area contributed by atoms with Crippen LogP contribution in [-0.2, 0) is 4.74 Å². The Hall–Kier alpha value is -1.40. The summed E-state index contributed by atoms with van der Waals surface area (Å²) in [6.45, 7) is 6.49. The number of ether oxygens (including phenoxy) is 1. The molecule has 0 bridgehead atoms. The Morgan fingerprint density at radius 3 is 3.12 bits per heavy atom. The molecule has 1 atom stereocenters. The number of hydrogen-bond donors (Lipinski definition) is 2. The zero-order chi connectivity index (χ0) is 12.3. The number of morpholine rings is 1. The van der Waals surface area contributed by atoms with Gasteiger partial charge in [-0.1, -0.05) is 6.92 Å². The van der Waals surface area contributed by atoms with Crippen LogP contribution in [-0.4, -0.2) is 35.8 Å². The van der Waals surface area contributed by atoms with Gasteiger partial charge in [-0.3, -0.25) is 0 Å². The maximum atomic E-state index is 5.50. The molecule has 0 amide bonds. The molecule has 1 fully saturated rings. The minimum absolute atomic E-state index is 0.378. The van der Waals surface area contributed by atoms with E-state index in [1.54, 1.807) is 6.33 Å². The van der Waals surface area contributed by atoms with Crippen LogP contribution >= 0.6 is 0 Å². The first-order chi connectivity index (χ1) is 8.27. The van der Waals surface area contributed by atoms with Crippen molar-refractivity contribution in [2.75, 3.05) is 30.1 Å². The van der Waals surface area contributed by atoms with Crippen LogP contribution in [0.5, 0.6) is 0 Å². The van der Waals surface area contributed by atoms with E-state index in [2.05, 4.69) is 27.2 Å². The van der Waals surface area contributed by atoms with Crippen LogP contribution in [0.25, 0.3) is 0 Å². The SMILES string of the molecule is CCC1COCCN1c1ncnc(NN)c1C. The summed E-state index contributed by atoms with van der Waals surface area (Å²) in [5.74, 6) is 7.06. The van der Waals surface area contributed by atoms with Gasteiger partial charge in [-0.05, 0) is 13.3 Å². The molecule has 1 unspecified atom stereocenters. The molecule has 1 aromatic rings. The Balaban J connectivity index is 2.31. The predicted octanol–water partition coefficient (Wildman–Crippen LogP) is 0.686. The quantitative estimate of drug-likeness (QED) is 0.595. The van der Waals surface area contributed by atoms with E-state index in [-0.39, 0.29) is 0 Å². The fraction of sp³-hybridized carbons (Fsp3) is 0.636. The van der Waals surface area contributed by atoms with Crippen LogP contribution < -0.4 is 16.2 Å². The van der Waals surface area contributed by atoms with Crippen molar-refractivity contribution in [3.05, 3.63) is 11.9 Å². The van der Waals surface area contributed by atoms with Crippen molar-refractivity contribution in [3.8, 4) is 0 Å². The highest BCUT2D eigenvalue weighted by Crippen LogP contribution is 2.25. The summed E-state index contributed by atoms with van der Waals surface area (Å²) < 4.78 is 5.50. The number of hydrazine groups is 1. The fourth-order valence-electron chi connectivity index (χ4n) is 2.15. The van der Waals surface area contributed by atoms with Crippen molar-refractivity contribution in [3.63, 3.8) is 0 Å². The van der Waals surface area contributed by atoms with E-state index in [0.717, 1.165) is 37.6 Å². The second kappa shape index (κ2) is 5.29. The molecule has 3 N–H and O–H groups in total. The Kier molecular flexibility index (Phi) is 3.75. The van der Waals surface area contributed by atoms with E-state index in [1.165, 1.54) is 0 Å². The molecule has 94 valence electrons. The van der Waals surface area contributed by atoms with Crippen LogP contribution in [0.4, 0.5) is 11.6 Å². The van der Waals surface area contributed by atoms with Crippen molar-refractivity contribution in [2.24, 2.45) is 5.84 Å². The third-order valence-electron chi connectivity index (χ3n) is 3.17. The molecule has 1 aliphatic rings. The van der Waals surface area contributed by atoms with Gasteiger partial charge < -0.3 is 15.1 Å². The summed E-state index contributed by atoms with van der Waals surface area (Å²) in [5, 5.41) is 0. The summed E-state index contributed by atoms with van der Waals surface area (Å²) >= 11 is 0. The third-order valence-corrected chi connectivity index (χ3v) is 3.17. The van der Waals surface area contributed by atoms with Gasteiger partial charge in [0.25, 0.3) is 0 Å². The van der Waals surface area contributed by atoms with Gasteiger partial charge in [-0.2, -0.15) is 0 Å². The molecular formula is C11H19N5O. The van der Waals surface area contributed by atoms with E-state index in [0.29, 0.717) is 11.9 Å². The van der Waals surface area contributed by atoms with Crippen LogP contribution in [0.2, 0.25) is 0 Å². The number of nitrogens with zero attached hydrogens (tertiary/aromatic N) is 3. The maximum absolute atomic E-state index is 5.50. The number of hydrogen-bond acceptors (Lipinski definition) is 6. The molecular weight excluding hydrogens is 218 g/mol. The lowest BCUT2D eigenvalue weighted by Gasteiger charge is -2.36. The summed E-state index contributed by atoms with van der Waals surface area (Å²) in [6, 6.07) is 0.378. The van der Waals surface area contributed by atoms with E-state index < -0.39 is 0 Å². The second-order valence-corrected chi connectivity index (χ2v) is 4.15. The summed E-state index contributed by atoms with van der Waals surface area (Å²) in [4.78, 5) is 10.7. The average molecular weight is 237 g/mol. The molecule has 0 saturated carbocycles. The molecule has 1 saturated heterocycles. The number of rotatable bonds is 3. The largest absolute Gasteiger partial charge is 0.377 e. The molecule has 0 aliphatic carbocycles. The van der Waals surface area contributed by atoms with Crippen molar-refractivity contribution >= 4 is 11.6 Å². The van der Waals surface area contributed by atoms with Gasteiger partial charge in [0.2, 0.25) is 0 Å². The monoisotopic (exact) mass is 237 g/mol. The number of nitrogens with one attached hydrogen (secondary N) is 1. The highest BCUT2D eigenvalue weighted by Gasteiger charge is 2.24. The Morgan fingerprint density at radius 1 is 1.59 bits per heavy atom. The van der Waals surface area contributed by atoms with Gasteiger partial charge in [0, 0.05) is 12.1 Å². The number of aromatic nitrogens is 2. The lowest BCUT2D eigenvalue weighted by Crippen LogP contribution is -2.46. The van der Waals surface area contributed by atoms with Crippen LogP contribution in [0.1, 0.15) is 18.9 Å². The summed E-state index contributed by atoms with van der Waals surface area (Å²) in [6.07, 6.45) is 2.58. The van der Waals surface area contributed by atoms with Gasteiger partial charge in [-0.25, -0.2) is 15.8 Å². The standard InChI is InChI=1S/C11H19N5O/c1-3-9-6-17-5-4-16(9)11-8(2)10(15-12)13-7-14-11/h7,9H,3-6,12H2,1-2H3,(H,13,14,15). The van der Waals surface area contributed by atoms with Gasteiger partial charge in [0.1, 0.15) is 18.0 Å². The molecule has 0 aromatic carbocycles. The lowest BCUT2D eigenvalue weighted by atomic mass is 10.1. The van der Waals surface area contributed by atoms with Crippen LogP contribution in [0.15, 0.2) is 6.33 Å². The first-order valence-electron chi connectivity index (χ1n) is 5.90. The summed E-state index contributed by atoms with van der Waals surface area (Å²) in [5.41, 5.74) is 3.58. The van der Waals surface area contributed by atoms with E-state index in [4.69, 9.17) is 10.6 Å². The summed E-state index contributed by atoms with van der Waals surface area (Å²) in [7, 11) is 0. The molecule has 0 spiro atoms. The Labute approximate surface area is 101 Å². The Bertz CT molecular complexity index is 384. The molecule has 2 heterocycles. The number of anilines is 2. The van der Waals surface area contributed by atoms with Crippen molar-refractivity contribution in [1.29, 1.82) is 0 Å². The second-order valence-electron chi connectivity index (χ2n) is 4.15. The van der Waals surface area contributed by atoms with E-state index >= 15 is 0 Å². The first-order valence-corrected chi connectivity index (χ1v) is 5.90. The van der Waals surface area contributed by atoms with E-state index in [1.807, 2.05) is 6.92 Å². The molecule has 0 radical (unpaired) electrons. The number of nitrogen functional groups attached to an aromatic ring is 1. The van der Waals surface area contributed by atoms with E-state index in [9.17, 15) is 0 Å². The fourth-order valence-corrected chi connectivity index (χ4v) is 2.15. The van der Waals surface area contributed by atoms with Crippen molar-refractivity contribution in [2.45, 2.75) is 26.3 Å². The van der Waals surface area contributed by atoms with Gasteiger partial charge in [0.15, 0.2) is 0 Å². The topological polar surface area (TPSA) is 76.3 Å². The Morgan fingerprint density at radius 2 is 2.41 bits per heavy atom. The van der Waals surface area contributed by atoms with Gasteiger partial charge in [0.05, 0.1) is 19.3 Å². The average Bonchev–Trinajstić information content (AvgIpc) is 2.39. The minimum Gasteiger partial charge on any atom is -0.377 e. The first kappa shape index (κ1) is 12.1. The highest BCUT2D eigenvalue weighted by molar-refractivity contribution is 5.58. The molecule has 6 heteroatoms. The highest BCUT2D eigenvalue weighted by atomic mass is 16.5. The lowest BCUT2D eigenvalue weighted by molar-refractivity contribution is 0.0925. The normalized spacial score (nSPS) is 20.4. The smallest absolute Gasteiger partial charge is 0.148 e.